The third-order valence-electron chi connectivity index (χ3n) is 6.56. The van der Waals surface area contributed by atoms with E-state index in [9.17, 15) is 8.78 Å². The summed E-state index contributed by atoms with van der Waals surface area (Å²) in [5.41, 5.74) is 3.81. The van der Waals surface area contributed by atoms with E-state index < -0.39 is 29.0 Å². The highest BCUT2D eigenvalue weighted by molar-refractivity contribution is 5.94. The molecule has 0 spiro atoms. The smallest absolute Gasteiger partial charge is 0.186 e. The van der Waals surface area contributed by atoms with Crippen LogP contribution >= 0.6 is 0 Å². The first-order valence-corrected chi connectivity index (χ1v) is 12.8. The van der Waals surface area contributed by atoms with Crippen molar-refractivity contribution in [2.24, 2.45) is 4.99 Å². The highest BCUT2D eigenvalue weighted by Gasteiger charge is 2.29. The summed E-state index contributed by atoms with van der Waals surface area (Å²) in [4.78, 5) is 5.95. The molecule has 6 heteroatoms. The van der Waals surface area contributed by atoms with Gasteiger partial charge in [0.2, 0.25) is 0 Å². The molecule has 0 aromatic heterocycles. The van der Waals surface area contributed by atoms with Crippen LogP contribution in [-0.4, -0.2) is 6.34 Å². The number of rotatable bonds is 8. The van der Waals surface area contributed by atoms with Crippen molar-refractivity contribution >= 4 is 23.4 Å². The fourth-order valence-corrected chi connectivity index (χ4v) is 4.57. The van der Waals surface area contributed by atoms with Crippen LogP contribution in [0, 0.1) is 23.3 Å². The van der Waals surface area contributed by atoms with Gasteiger partial charge in [-0.15, -0.1) is 0 Å². The van der Waals surface area contributed by atoms with Crippen molar-refractivity contribution in [3.63, 3.8) is 0 Å². The van der Waals surface area contributed by atoms with Gasteiger partial charge in [0.1, 0.15) is 12.0 Å². The Hall–Kier alpha value is -3.15. The van der Waals surface area contributed by atoms with Crippen LogP contribution in [0.2, 0.25) is 0 Å². The lowest BCUT2D eigenvalue weighted by Gasteiger charge is -2.29. The first-order valence-electron chi connectivity index (χ1n) is 12.8. The SMILES string of the molecule is CC(C)c1cccc(C(C)C)c1N=CN(c1c(C(C)C)cccc1C(C)C)c1c(F)c(F)cc(F)c1F. The van der Waals surface area contributed by atoms with Gasteiger partial charge in [-0.05, 0) is 45.9 Å². The predicted octanol–water partition coefficient (Wildman–Crippen LogP) is 10.2. The van der Waals surface area contributed by atoms with Gasteiger partial charge in [0.25, 0.3) is 0 Å². The minimum Gasteiger partial charge on any atom is -0.295 e. The average Bonchev–Trinajstić information content (AvgIpc) is 2.83. The molecule has 3 rings (SSSR count). The molecule has 198 valence electrons. The molecule has 0 N–H and O–H groups in total. The first kappa shape index (κ1) is 28.4. The molecule has 3 aromatic carbocycles. The van der Waals surface area contributed by atoms with Crippen molar-refractivity contribution in [2.45, 2.75) is 79.1 Å². The van der Waals surface area contributed by atoms with Gasteiger partial charge in [-0.3, -0.25) is 4.90 Å². The Kier molecular flexibility index (Phi) is 8.83. The minimum absolute atomic E-state index is 0.0386. The zero-order valence-electron chi connectivity index (χ0n) is 22.8. The van der Waals surface area contributed by atoms with Gasteiger partial charge in [0.05, 0.1) is 11.4 Å². The molecule has 0 radical (unpaired) electrons. The summed E-state index contributed by atoms with van der Waals surface area (Å²) in [6.45, 7) is 16.0. The highest BCUT2D eigenvalue weighted by atomic mass is 19.2. The molecule has 0 saturated heterocycles. The summed E-state index contributed by atoms with van der Waals surface area (Å²) >= 11 is 0. The van der Waals surface area contributed by atoms with Crippen LogP contribution < -0.4 is 4.90 Å². The first-order chi connectivity index (χ1) is 17.4. The molecule has 0 unspecified atom stereocenters. The highest BCUT2D eigenvalue weighted by Crippen LogP contribution is 2.42. The number of nitrogens with zero attached hydrogens (tertiary/aromatic N) is 2. The molecule has 0 bridgehead atoms. The van der Waals surface area contributed by atoms with E-state index in [2.05, 4.69) is 0 Å². The van der Waals surface area contributed by atoms with Crippen LogP contribution in [0.3, 0.4) is 0 Å². The van der Waals surface area contributed by atoms with Crippen LogP contribution in [0.15, 0.2) is 47.5 Å². The normalized spacial score (nSPS) is 12.1. The molecule has 0 heterocycles. The lowest BCUT2D eigenvalue weighted by Crippen LogP contribution is -2.23. The average molecular weight is 513 g/mol. The van der Waals surface area contributed by atoms with E-state index in [4.69, 9.17) is 4.99 Å². The second kappa shape index (κ2) is 11.5. The Labute approximate surface area is 218 Å². The largest absolute Gasteiger partial charge is 0.295 e. The summed E-state index contributed by atoms with van der Waals surface area (Å²) < 4.78 is 59.5. The van der Waals surface area contributed by atoms with Crippen molar-refractivity contribution in [1.29, 1.82) is 0 Å². The second-order valence-corrected chi connectivity index (χ2v) is 10.6. The monoisotopic (exact) mass is 512 g/mol. The third-order valence-corrected chi connectivity index (χ3v) is 6.56. The maximum Gasteiger partial charge on any atom is 0.186 e. The van der Waals surface area contributed by atoms with Gasteiger partial charge >= 0.3 is 0 Å². The quantitative estimate of drug-likeness (QED) is 0.127. The van der Waals surface area contributed by atoms with Crippen molar-refractivity contribution in [2.75, 3.05) is 4.90 Å². The number of benzene rings is 3. The number of hydrogen-bond donors (Lipinski definition) is 0. The van der Waals surface area contributed by atoms with Crippen LogP contribution in [0.1, 0.15) is 101 Å². The summed E-state index contributed by atoms with van der Waals surface area (Å²) in [5.74, 6) is -5.69. The van der Waals surface area contributed by atoms with E-state index in [1.54, 1.807) is 0 Å². The standard InChI is InChI=1S/C31H36F4N2/c1-17(2)21-11-9-12-22(18(3)4)29(21)36-16-37(31-27(34)25(32)15-26(33)28(31)35)30-23(19(5)6)13-10-14-24(30)20(7)8/h9-20H,1-8H3. The van der Waals surface area contributed by atoms with Crippen molar-refractivity contribution in [1.82, 2.24) is 0 Å². The van der Waals surface area contributed by atoms with E-state index in [1.807, 2.05) is 91.8 Å². The van der Waals surface area contributed by atoms with E-state index in [0.29, 0.717) is 11.4 Å². The topological polar surface area (TPSA) is 15.6 Å². The van der Waals surface area contributed by atoms with Gasteiger partial charge in [-0.2, -0.15) is 0 Å². The van der Waals surface area contributed by atoms with Crippen LogP contribution in [0.5, 0.6) is 0 Å². The number of aliphatic imine (C=N–C) groups is 1. The Morgan fingerprint density at radius 1 is 0.595 bits per heavy atom. The molecule has 37 heavy (non-hydrogen) atoms. The Bertz CT molecular complexity index is 1210. The number of anilines is 2. The second-order valence-electron chi connectivity index (χ2n) is 10.6. The van der Waals surface area contributed by atoms with Crippen LogP contribution in [0.4, 0.5) is 34.6 Å². The molecule has 3 aromatic rings. The van der Waals surface area contributed by atoms with Crippen LogP contribution in [-0.2, 0) is 0 Å². The molecular weight excluding hydrogens is 476 g/mol. The summed E-state index contributed by atoms with van der Waals surface area (Å²) in [5, 5.41) is 0. The van der Waals surface area contributed by atoms with Gasteiger partial charge < -0.3 is 0 Å². The van der Waals surface area contributed by atoms with Gasteiger partial charge in [-0.25, -0.2) is 22.6 Å². The molecule has 0 amide bonds. The lowest BCUT2D eigenvalue weighted by molar-refractivity contribution is 0.457. The summed E-state index contributed by atoms with van der Waals surface area (Å²) in [6, 6.07) is 11.7. The number of halogens is 4. The molecule has 0 aliphatic rings. The fraction of sp³-hybridized carbons (Fsp3) is 0.387. The Balaban J connectivity index is 2.44. The fourth-order valence-electron chi connectivity index (χ4n) is 4.57. The molecule has 0 fully saturated rings. The predicted molar refractivity (Wildman–Crippen MR) is 146 cm³/mol. The zero-order chi connectivity index (χ0) is 27.6. The lowest BCUT2D eigenvalue weighted by atomic mass is 9.91. The maximum absolute atomic E-state index is 15.3. The minimum atomic E-state index is -1.47. The Morgan fingerprint density at radius 2 is 0.973 bits per heavy atom. The van der Waals surface area contributed by atoms with Gasteiger partial charge in [-0.1, -0.05) is 91.8 Å². The van der Waals surface area contributed by atoms with E-state index in [1.165, 1.54) is 11.2 Å². The van der Waals surface area contributed by atoms with Gasteiger partial charge in [0.15, 0.2) is 23.3 Å². The van der Waals surface area contributed by atoms with Gasteiger partial charge in [0, 0.05) is 6.07 Å². The molecule has 2 nitrogen and oxygen atoms in total. The number of hydrogen-bond acceptors (Lipinski definition) is 1. The Morgan fingerprint density at radius 3 is 1.35 bits per heavy atom. The van der Waals surface area contributed by atoms with E-state index in [0.717, 1.165) is 22.3 Å². The maximum atomic E-state index is 15.3. The van der Waals surface area contributed by atoms with Crippen molar-refractivity contribution in [3.05, 3.63) is 88.0 Å². The third kappa shape index (κ3) is 5.73. The molecule has 0 aliphatic heterocycles. The van der Waals surface area contributed by atoms with Crippen molar-refractivity contribution < 1.29 is 17.6 Å². The molecule has 0 saturated carbocycles. The summed E-state index contributed by atoms with van der Waals surface area (Å²) in [6.07, 6.45) is 1.31. The molecule has 0 atom stereocenters. The van der Waals surface area contributed by atoms with Crippen LogP contribution in [0.25, 0.3) is 0 Å². The summed E-state index contributed by atoms with van der Waals surface area (Å²) in [7, 11) is 0. The number of para-hydroxylation sites is 2. The zero-order valence-corrected chi connectivity index (χ0v) is 22.8. The van der Waals surface area contributed by atoms with E-state index >= 15 is 8.78 Å². The molecular formula is C31H36F4N2. The molecule has 0 aliphatic carbocycles. The van der Waals surface area contributed by atoms with E-state index in [-0.39, 0.29) is 29.7 Å². The van der Waals surface area contributed by atoms with Crippen molar-refractivity contribution in [3.8, 4) is 0 Å².